The second-order valence-electron chi connectivity index (χ2n) is 6.40. The van der Waals surface area contributed by atoms with E-state index in [1.54, 1.807) is 38.1 Å². The lowest BCUT2D eigenvalue weighted by Gasteiger charge is -2.31. The maximum atomic E-state index is 12.7. The number of nitrogens with zero attached hydrogens (tertiary/aromatic N) is 1. The number of fused-ring (bicyclic) bond motifs is 1. The number of amides is 4. The van der Waals surface area contributed by atoms with Gasteiger partial charge >= 0.3 is 12.0 Å². The summed E-state index contributed by atoms with van der Waals surface area (Å²) in [5, 5.41) is 25.4. The summed E-state index contributed by atoms with van der Waals surface area (Å²) in [6, 6.07) is 3.54. The summed E-state index contributed by atoms with van der Waals surface area (Å²) < 4.78 is 0. The molecule has 0 bridgehead atoms. The van der Waals surface area contributed by atoms with E-state index in [-0.39, 0.29) is 18.4 Å². The van der Waals surface area contributed by atoms with E-state index in [4.69, 9.17) is 10.2 Å². The van der Waals surface area contributed by atoms with Gasteiger partial charge in [-0.05, 0) is 18.1 Å². The van der Waals surface area contributed by atoms with Crippen LogP contribution >= 0.6 is 0 Å². The lowest BCUT2D eigenvalue weighted by Crippen LogP contribution is -2.58. The van der Waals surface area contributed by atoms with Gasteiger partial charge in [-0.15, -0.1) is 0 Å². The fourth-order valence-corrected chi connectivity index (χ4v) is 2.61. The Kier molecular flexibility index (Phi) is 6.35. The van der Waals surface area contributed by atoms with Gasteiger partial charge in [0, 0.05) is 0 Å². The van der Waals surface area contributed by atoms with Crippen LogP contribution in [0.4, 0.5) is 16.2 Å². The molecule has 146 valence electrons. The van der Waals surface area contributed by atoms with Crippen molar-refractivity contribution in [2.75, 3.05) is 23.4 Å². The van der Waals surface area contributed by atoms with Gasteiger partial charge in [0.1, 0.15) is 18.6 Å². The molecule has 0 fully saturated rings. The largest absolute Gasteiger partial charge is 0.480 e. The minimum atomic E-state index is -1.47. The van der Waals surface area contributed by atoms with E-state index >= 15 is 0 Å². The van der Waals surface area contributed by atoms with Gasteiger partial charge in [-0.3, -0.25) is 14.5 Å². The van der Waals surface area contributed by atoms with E-state index in [2.05, 4.69) is 16.0 Å². The van der Waals surface area contributed by atoms with Crippen LogP contribution in [-0.2, 0) is 14.4 Å². The predicted octanol–water partition coefficient (Wildman–Crippen LogP) is -0.259. The van der Waals surface area contributed by atoms with Crippen molar-refractivity contribution in [3.05, 3.63) is 24.3 Å². The van der Waals surface area contributed by atoms with Crippen LogP contribution in [0, 0.1) is 5.92 Å². The molecule has 0 aromatic heterocycles. The van der Waals surface area contributed by atoms with Gasteiger partial charge in [0.05, 0.1) is 18.0 Å². The zero-order valence-electron chi connectivity index (χ0n) is 14.9. The lowest BCUT2D eigenvalue weighted by molar-refractivity contribution is -0.143. The molecule has 0 saturated carbocycles. The van der Waals surface area contributed by atoms with Crippen molar-refractivity contribution in [1.82, 2.24) is 10.6 Å². The van der Waals surface area contributed by atoms with Crippen molar-refractivity contribution in [3.63, 3.8) is 0 Å². The zero-order chi connectivity index (χ0) is 20.1. The Labute approximate surface area is 155 Å². The monoisotopic (exact) mass is 378 g/mol. The average Bonchev–Trinajstić information content (AvgIpc) is 2.62. The molecule has 4 amide bonds. The molecule has 0 spiro atoms. The first-order valence-electron chi connectivity index (χ1n) is 8.35. The first-order valence-corrected chi connectivity index (χ1v) is 8.35. The molecule has 0 radical (unpaired) electrons. The number of aliphatic hydroxyl groups is 1. The van der Waals surface area contributed by atoms with Gasteiger partial charge in [-0.25, -0.2) is 9.59 Å². The fraction of sp³-hybridized carbons (Fsp3) is 0.412. The highest BCUT2D eigenvalue weighted by Crippen LogP contribution is 2.28. The van der Waals surface area contributed by atoms with Crippen molar-refractivity contribution in [2.24, 2.45) is 5.92 Å². The number of carbonyl (C=O) groups excluding carboxylic acids is 3. The summed E-state index contributed by atoms with van der Waals surface area (Å²) >= 11 is 0. The number of rotatable bonds is 6. The molecule has 1 aliphatic rings. The zero-order valence-corrected chi connectivity index (χ0v) is 14.9. The van der Waals surface area contributed by atoms with E-state index in [9.17, 15) is 19.2 Å². The quantitative estimate of drug-likeness (QED) is 0.461. The number of hydrogen-bond donors (Lipinski definition) is 5. The number of benzene rings is 1. The summed E-state index contributed by atoms with van der Waals surface area (Å²) in [6.45, 7) is 2.36. The molecule has 2 atom stereocenters. The molecule has 10 heteroatoms. The van der Waals surface area contributed by atoms with Gasteiger partial charge in [0.15, 0.2) is 0 Å². The van der Waals surface area contributed by atoms with E-state index in [0.717, 1.165) is 0 Å². The molecule has 1 heterocycles. The standard InChI is InChI=1S/C17H22N4O6/c1-9(2)14(15(24)19-11(8-22)16(25)26)20-17(27)21-7-13(23)18-10-5-3-4-6-12(10)21/h3-6,9,11,14,22H,7-8H2,1-2H3,(H,18,23)(H,19,24)(H,20,27)(H,25,26). The van der Waals surface area contributed by atoms with Gasteiger partial charge in [-0.1, -0.05) is 26.0 Å². The lowest BCUT2D eigenvalue weighted by atomic mass is 10.0. The maximum Gasteiger partial charge on any atom is 0.328 e. The number of para-hydroxylation sites is 2. The minimum absolute atomic E-state index is 0.219. The molecule has 1 aromatic carbocycles. The predicted molar refractivity (Wildman–Crippen MR) is 96.2 cm³/mol. The van der Waals surface area contributed by atoms with Crippen LogP contribution in [0.3, 0.4) is 0 Å². The molecule has 27 heavy (non-hydrogen) atoms. The highest BCUT2D eigenvalue weighted by Gasteiger charge is 2.32. The highest BCUT2D eigenvalue weighted by atomic mass is 16.4. The number of nitrogens with one attached hydrogen (secondary N) is 3. The summed E-state index contributed by atoms with van der Waals surface area (Å²) in [6.07, 6.45) is 0. The Balaban J connectivity index is 2.17. The Morgan fingerprint density at radius 3 is 2.48 bits per heavy atom. The van der Waals surface area contributed by atoms with Crippen LogP contribution in [0.25, 0.3) is 0 Å². The smallest absolute Gasteiger partial charge is 0.328 e. The summed E-state index contributed by atoms with van der Waals surface area (Å²) in [4.78, 5) is 49.1. The van der Waals surface area contributed by atoms with Gasteiger partial charge < -0.3 is 26.2 Å². The molecule has 5 N–H and O–H groups in total. The van der Waals surface area contributed by atoms with E-state index < -0.39 is 36.6 Å². The molecule has 2 unspecified atom stereocenters. The second kappa shape index (κ2) is 8.49. The molecule has 0 saturated heterocycles. The molecular weight excluding hydrogens is 356 g/mol. The fourth-order valence-electron chi connectivity index (χ4n) is 2.61. The number of aliphatic carboxylic acids is 1. The van der Waals surface area contributed by atoms with Crippen molar-refractivity contribution >= 4 is 35.2 Å². The normalized spacial score (nSPS) is 15.4. The van der Waals surface area contributed by atoms with Crippen LogP contribution < -0.4 is 20.9 Å². The topological polar surface area (TPSA) is 148 Å². The third-order valence-corrected chi connectivity index (χ3v) is 4.04. The Morgan fingerprint density at radius 1 is 1.22 bits per heavy atom. The second-order valence-corrected chi connectivity index (χ2v) is 6.40. The van der Waals surface area contributed by atoms with Crippen molar-refractivity contribution < 1.29 is 29.4 Å². The molecule has 2 rings (SSSR count). The molecular formula is C17H22N4O6. The number of carbonyl (C=O) groups is 4. The summed E-state index contributed by atoms with van der Waals surface area (Å²) in [7, 11) is 0. The van der Waals surface area contributed by atoms with Crippen LogP contribution in [0.15, 0.2) is 24.3 Å². The highest BCUT2D eigenvalue weighted by molar-refractivity contribution is 6.10. The Morgan fingerprint density at radius 2 is 1.89 bits per heavy atom. The van der Waals surface area contributed by atoms with Crippen LogP contribution in [0.5, 0.6) is 0 Å². The van der Waals surface area contributed by atoms with Crippen molar-refractivity contribution in [2.45, 2.75) is 25.9 Å². The van der Waals surface area contributed by atoms with Crippen molar-refractivity contribution in [1.29, 1.82) is 0 Å². The molecule has 0 aliphatic carbocycles. The average molecular weight is 378 g/mol. The molecule has 1 aliphatic heterocycles. The Bertz CT molecular complexity index is 751. The first kappa shape index (κ1) is 20.2. The minimum Gasteiger partial charge on any atom is -0.480 e. The van der Waals surface area contributed by atoms with E-state index in [0.29, 0.717) is 11.4 Å². The number of urea groups is 1. The Hall–Kier alpha value is -3.14. The van der Waals surface area contributed by atoms with Gasteiger partial charge in [-0.2, -0.15) is 0 Å². The maximum absolute atomic E-state index is 12.7. The number of hydrogen-bond acceptors (Lipinski definition) is 5. The summed E-state index contributed by atoms with van der Waals surface area (Å²) in [5.74, 6) is -2.87. The third-order valence-electron chi connectivity index (χ3n) is 4.04. The first-order chi connectivity index (χ1) is 12.7. The number of carboxylic acids is 1. The van der Waals surface area contributed by atoms with Crippen molar-refractivity contribution in [3.8, 4) is 0 Å². The molecule has 10 nitrogen and oxygen atoms in total. The van der Waals surface area contributed by atoms with Gasteiger partial charge in [0.2, 0.25) is 11.8 Å². The van der Waals surface area contributed by atoms with Crippen LogP contribution in [-0.4, -0.2) is 59.3 Å². The number of carboxylic acid groups (broad SMARTS) is 1. The van der Waals surface area contributed by atoms with Crippen LogP contribution in [0.2, 0.25) is 0 Å². The van der Waals surface area contributed by atoms with E-state index in [1.165, 1.54) is 4.90 Å². The van der Waals surface area contributed by atoms with E-state index in [1.807, 2.05) is 0 Å². The van der Waals surface area contributed by atoms with Crippen LogP contribution in [0.1, 0.15) is 13.8 Å². The van der Waals surface area contributed by atoms with Gasteiger partial charge in [0.25, 0.3) is 0 Å². The number of aliphatic hydroxyl groups excluding tert-OH is 1. The third kappa shape index (κ3) is 4.73. The number of anilines is 2. The SMILES string of the molecule is CC(C)C(NC(=O)N1CC(=O)Nc2ccccc21)C(=O)NC(CO)C(=O)O. The summed E-state index contributed by atoms with van der Waals surface area (Å²) in [5.41, 5.74) is 0.956. The molecule has 1 aromatic rings.